The second kappa shape index (κ2) is 5.63. The molecule has 0 aromatic heterocycles. The number of nitrogens with two attached hydrogens (primary N) is 1. The normalized spacial score (nSPS) is 11.7. The van der Waals surface area contributed by atoms with Crippen molar-refractivity contribution in [2.45, 2.75) is 20.3 Å². The van der Waals surface area contributed by atoms with Gasteiger partial charge in [-0.15, -0.1) is 0 Å². The van der Waals surface area contributed by atoms with Gasteiger partial charge in [-0.2, -0.15) is 0 Å². The Hall–Kier alpha value is -0.500. The first kappa shape index (κ1) is 8.50. The van der Waals surface area contributed by atoms with Crippen molar-refractivity contribution >= 4 is 0 Å². The number of rotatable bonds is 4. The second-order valence-electron chi connectivity index (χ2n) is 1.73. The van der Waals surface area contributed by atoms with Crippen LogP contribution in [0.5, 0.6) is 0 Å². The fourth-order valence-corrected chi connectivity index (χ4v) is 0.627. The van der Waals surface area contributed by atoms with Crippen molar-refractivity contribution in [3.63, 3.8) is 0 Å². The Morgan fingerprint density at radius 1 is 1.67 bits per heavy atom. The Kier molecular flexibility index (Phi) is 5.32. The lowest BCUT2D eigenvalue weighted by atomic mass is 10.3. The van der Waals surface area contributed by atoms with Crippen molar-refractivity contribution in [1.82, 2.24) is 0 Å². The van der Waals surface area contributed by atoms with Crippen molar-refractivity contribution in [1.29, 1.82) is 0 Å². The van der Waals surface area contributed by atoms with Crippen molar-refractivity contribution < 1.29 is 4.74 Å². The summed E-state index contributed by atoms with van der Waals surface area (Å²) < 4.78 is 5.21. The van der Waals surface area contributed by atoms with Crippen LogP contribution >= 0.6 is 0 Å². The molecule has 0 aliphatic rings. The molecular weight excluding hydrogens is 114 g/mol. The van der Waals surface area contributed by atoms with Gasteiger partial charge in [0.1, 0.15) is 0 Å². The zero-order chi connectivity index (χ0) is 7.11. The van der Waals surface area contributed by atoms with E-state index in [4.69, 9.17) is 10.5 Å². The molecule has 0 atom stereocenters. The molecular formula is C7H15NO. The molecule has 0 rings (SSSR count). The van der Waals surface area contributed by atoms with Gasteiger partial charge in [0.2, 0.25) is 0 Å². The number of allylic oxidation sites excluding steroid dienone is 1. The van der Waals surface area contributed by atoms with Crippen LogP contribution < -0.4 is 5.73 Å². The molecule has 0 radical (unpaired) electrons. The van der Waals surface area contributed by atoms with Crippen LogP contribution in [-0.4, -0.2) is 13.2 Å². The SMILES string of the molecule is C/C=C(/CCN)OCC. The van der Waals surface area contributed by atoms with Gasteiger partial charge in [0.05, 0.1) is 12.4 Å². The molecule has 0 saturated carbocycles. The predicted molar refractivity (Wildman–Crippen MR) is 39.1 cm³/mol. The largest absolute Gasteiger partial charge is 0.499 e. The summed E-state index contributed by atoms with van der Waals surface area (Å²) in [6.45, 7) is 5.33. The van der Waals surface area contributed by atoms with Crippen molar-refractivity contribution in [2.75, 3.05) is 13.2 Å². The minimum absolute atomic E-state index is 0.666. The average molecular weight is 129 g/mol. The number of hydrogen-bond donors (Lipinski definition) is 1. The summed E-state index contributed by atoms with van der Waals surface area (Å²) in [6.07, 6.45) is 2.81. The van der Waals surface area contributed by atoms with E-state index in [1.807, 2.05) is 19.9 Å². The number of hydrogen-bond acceptors (Lipinski definition) is 2. The van der Waals surface area contributed by atoms with E-state index < -0.39 is 0 Å². The lowest BCUT2D eigenvalue weighted by Crippen LogP contribution is -2.02. The first-order valence-electron chi connectivity index (χ1n) is 3.33. The fourth-order valence-electron chi connectivity index (χ4n) is 0.627. The molecule has 54 valence electrons. The molecule has 0 amide bonds. The predicted octanol–water partition coefficient (Wildman–Crippen LogP) is 1.28. The van der Waals surface area contributed by atoms with Crippen LogP contribution in [0, 0.1) is 0 Å². The van der Waals surface area contributed by atoms with Gasteiger partial charge in [-0.25, -0.2) is 0 Å². The van der Waals surface area contributed by atoms with Crippen LogP contribution in [0.3, 0.4) is 0 Å². The molecule has 9 heavy (non-hydrogen) atoms. The highest BCUT2D eigenvalue weighted by Crippen LogP contribution is 2.00. The monoisotopic (exact) mass is 129 g/mol. The highest BCUT2D eigenvalue weighted by atomic mass is 16.5. The summed E-state index contributed by atoms with van der Waals surface area (Å²) in [6, 6.07) is 0. The minimum Gasteiger partial charge on any atom is -0.499 e. The molecule has 0 saturated heterocycles. The summed E-state index contributed by atoms with van der Waals surface area (Å²) >= 11 is 0. The molecule has 0 spiro atoms. The molecule has 0 bridgehead atoms. The summed E-state index contributed by atoms with van der Waals surface area (Å²) in [7, 11) is 0. The molecule has 2 N–H and O–H groups in total. The Morgan fingerprint density at radius 2 is 2.33 bits per heavy atom. The molecule has 0 aromatic carbocycles. The van der Waals surface area contributed by atoms with E-state index >= 15 is 0 Å². The van der Waals surface area contributed by atoms with Gasteiger partial charge in [-0.3, -0.25) is 0 Å². The zero-order valence-corrected chi connectivity index (χ0v) is 6.18. The maximum absolute atomic E-state index is 5.31. The van der Waals surface area contributed by atoms with Gasteiger partial charge >= 0.3 is 0 Å². The van der Waals surface area contributed by atoms with Gasteiger partial charge in [0.15, 0.2) is 0 Å². The van der Waals surface area contributed by atoms with Gasteiger partial charge in [0.25, 0.3) is 0 Å². The Morgan fingerprint density at radius 3 is 2.67 bits per heavy atom. The molecule has 0 aromatic rings. The Labute approximate surface area is 56.7 Å². The zero-order valence-electron chi connectivity index (χ0n) is 6.18. The highest BCUT2D eigenvalue weighted by Gasteiger charge is 1.90. The lowest BCUT2D eigenvalue weighted by Gasteiger charge is -2.04. The van der Waals surface area contributed by atoms with E-state index in [0.717, 1.165) is 18.8 Å². The quantitative estimate of drug-likeness (QED) is 0.580. The third kappa shape index (κ3) is 4.03. The van der Waals surface area contributed by atoms with Gasteiger partial charge in [-0.1, -0.05) is 0 Å². The molecule has 0 aliphatic heterocycles. The molecule has 0 unspecified atom stereocenters. The van der Waals surface area contributed by atoms with E-state index in [-0.39, 0.29) is 0 Å². The molecule has 0 fully saturated rings. The first-order valence-corrected chi connectivity index (χ1v) is 3.33. The fraction of sp³-hybridized carbons (Fsp3) is 0.714. The maximum Gasteiger partial charge on any atom is 0.0929 e. The van der Waals surface area contributed by atoms with E-state index in [1.54, 1.807) is 0 Å². The summed E-state index contributed by atoms with van der Waals surface area (Å²) in [4.78, 5) is 0. The molecule has 2 nitrogen and oxygen atoms in total. The van der Waals surface area contributed by atoms with Crippen molar-refractivity contribution in [3.8, 4) is 0 Å². The van der Waals surface area contributed by atoms with Crippen LogP contribution in [0.1, 0.15) is 20.3 Å². The van der Waals surface area contributed by atoms with Crippen molar-refractivity contribution in [2.24, 2.45) is 5.73 Å². The topological polar surface area (TPSA) is 35.2 Å². The number of ether oxygens (including phenoxy) is 1. The average Bonchev–Trinajstić information content (AvgIpc) is 1.88. The van der Waals surface area contributed by atoms with Crippen LogP contribution in [0.25, 0.3) is 0 Å². The summed E-state index contributed by atoms with van der Waals surface area (Å²) in [5.41, 5.74) is 5.31. The van der Waals surface area contributed by atoms with Crippen LogP contribution in [0.2, 0.25) is 0 Å². The van der Waals surface area contributed by atoms with E-state index in [9.17, 15) is 0 Å². The molecule has 0 aliphatic carbocycles. The van der Waals surface area contributed by atoms with E-state index in [2.05, 4.69) is 0 Å². The standard InChI is InChI=1S/C7H15NO/c1-3-7(5-6-8)9-4-2/h3H,4-6,8H2,1-2H3/b7-3-. The summed E-state index contributed by atoms with van der Waals surface area (Å²) in [5, 5.41) is 0. The van der Waals surface area contributed by atoms with Crippen molar-refractivity contribution in [3.05, 3.63) is 11.8 Å². The third-order valence-electron chi connectivity index (χ3n) is 1.04. The van der Waals surface area contributed by atoms with Crippen LogP contribution in [-0.2, 0) is 4.74 Å². The van der Waals surface area contributed by atoms with Gasteiger partial charge < -0.3 is 10.5 Å². The summed E-state index contributed by atoms with van der Waals surface area (Å²) in [5.74, 6) is 1.00. The second-order valence-corrected chi connectivity index (χ2v) is 1.73. The molecule has 2 heteroatoms. The third-order valence-corrected chi connectivity index (χ3v) is 1.04. The van der Waals surface area contributed by atoms with E-state index in [1.165, 1.54) is 0 Å². The van der Waals surface area contributed by atoms with Crippen LogP contribution in [0.15, 0.2) is 11.8 Å². The van der Waals surface area contributed by atoms with Gasteiger partial charge in [0, 0.05) is 6.42 Å². The first-order chi connectivity index (χ1) is 4.35. The lowest BCUT2D eigenvalue weighted by molar-refractivity contribution is 0.219. The highest BCUT2D eigenvalue weighted by molar-refractivity contribution is 4.90. The van der Waals surface area contributed by atoms with Gasteiger partial charge in [-0.05, 0) is 26.5 Å². The smallest absolute Gasteiger partial charge is 0.0929 e. The van der Waals surface area contributed by atoms with Crippen LogP contribution in [0.4, 0.5) is 0 Å². The Bertz CT molecular complexity index is 80.9. The van der Waals surface area contributed by atoms with E-state index in [0.29, 0.717) is 6.54 Å². The molecule has 0 heterocycles. The minimum atomic E-state index is 0.666. The maximum atomic E-state index is 5.31. The Balaban J connectivity index is 3.43.